The van der Waals surface area contributed by atoms with Crippen molar-refractivity contribution in [3.05, 3.63) is 0 Å². The summed E-state index contributed by atoms with van der Waals surface area (Å²) in [6, 6.07) is 0. The molecule has 74 valence electrons. The Morgan fingerprint density at radius 1 is 1.33 bits per heavy atom. The Kier molecular flexibility index (Phi) is 6.75. The molecule has 0 spiro atoms. The molecule has 0 atom stereocenters. The van der Waals surface area contributed by atoms with E-state index in [1.54, 1.807) is 0 Å². The highest BCUT2D eigenvalue weighted by Crippen LogP contribution is 2.14. The van der Waals surface area contributed by atoms with Crippen molar-refractivity contribution in [3.63, 3.8) is 0 Å². The molecule has 0 radical (unpaired) electrons. The molecule has 1 saturated heterocycles. The number of nitrogens with two attached hydrogens (primary N) is 1. The van der Waals surface area contributed by atoms with Crippen LogP contribution in [-0.4, -0.2) is 29.7 Å². The van der Waals surface area contributed by atoms with Gasteiger partial charge < -0.3 is 16.2 Å². The topological polar surface area (TPSA) is 75.4 Å². The summed E-state index contributed by atoms with van der Waals surface area (Å²) in [7, 11) is 0. The highest BCUT2D eigenvalue weighted by Gasteiger charge is 2.34. The Labute approximate surface area is 83.7 Å². The second-order valence-corrected chi connectivity index (χ2v) is 2.71. The first-order valence-electron chi connectivity index (χ1n) is 3.38. The summed E-state index contributed by atoms with van der Waals surface area (Å²) in [5, 5.41) is 11.7. The van der Waals surface area contributed by atoms with Crippen LogP contribution in [0.25, 0.3) is 0 Å². The van der Waals surface area contributed by atoms with E-state index in [-0.39, 0.29) is 24.8 Å². The maximum Gasteiger partial charge on any atom is 0.323 e. The fourth-order valence-electron chi connectivity index (χ4n) is 1.09. The van der Waals surface area contributed by atoms with Crippen LogP contribution in [0.5, 0.6) is 0 Å². The van der Waals surface area contributed by atoms with Crippen molar-refractivity contribution in [1.29, 1.82) is 0 Å². The van der Waals surface area contributed by atoms with E-state index in [9.17, 15) is 4.79 Å². The predicted octanol–water partition coefficient (Wildman–Crippen LogP) is -0.00450. The lowest BCUT2D eigenvalue weighted by Gasteiger charge is -2.29. The lowest BCUT2D eigenvalue weighted by Crippen LogP contribution is -2.54. The molecule has 0 bridgehead atoms. The number of hydrogen-bond acceptors (Lipinski definition) is 3. The summed E-state index contributed by atoms with van der Waals surface area (Å²) in [6.45, 7) is 1.42. The minimum atomic E-state index is -0.967. The van der Waals surface area contributed by atoms with Gasteiger partial charge >= 0.3 is 5.97 Å². The maximum absolute atomic E-state index is 10.5. The van der Waals surface area contributed by atoms with E-state index in [2.05, 4.69) is 5.32 Å². The molecule has 0 aromatic carbocycles. The molecule has 12 heavy (non-hydrogen) atoms. The molecular weight excluding hydrogens is 203 g/mol. The number of carboxylic acid groups (broad SMARTS) is 1. The molecule has 0 unspecified atom stereocenters. The van der Waals surface area contributed by atoms with E-state index in [1.165, 1.54) is 0 Å². The van der Waals surface area contributed by atoms with Crippen LogP contribution < -0.4 is 11.1 Å². The van der Waals surface area contributed by atoms with Gasteiger partial charge in [-0.1, -0.05) is 0 Å². The highest BCUT2D eigenvalue weighted by atomic mass is 35.5. The molecule has 1 heterocycles. The molecule has 0 amide bonds. The Hall–Kier alpha value is -0.0300. The Bertz CT molecular complexity index is 148. The van der Waals surface area contributed by atoms with Gasteiger partial charge in [-0.2, -0.15) is 0 Å². The van der Waals surface area contributed by atoms with Gasteiger partial charge in [-0.25, -0.2) is 0 Å². The smallest absolute Gasteiger partial charge is 0.323 e. The predicted molar refractivity (Wildman–Crippen MR) is 51.2 cm³/mol. The fraction of sp³-hybridized carbons (Fsp3) is 0.833. The van der Waals surface area contributed by atoms with Gasteiger partial charge in [0.05, 0.1) is 0 Å². The van der Waals surface area contributed by atoms with Gasteiger partial charge in [-0.3, -0.25) is 4.79 Å². The molecule has 4 nitrogen and oxygen atoms in total. The lowest BCUT2D eigenvalue weighted by atomic mass is 9.90. The zero-order valence-corrected chi connectivity index (χ0v) is 8.21. The fourth-order valence-corrected chi connectivity index (χ4v) is 1.09. The SMILES string of the molecule is Cl.Cl.NC1(C(=O)O)CCNCC1. The number of carboxylic acids is 1. The summed E-state index contributed by atoms with van der Waals surface area (Å²) >= 11 is 0. The summed E-state index contributed by atoms with van der Waals surface area (Å²) in [5.74, 6) is -0.881. The van der Waals surface area contributed by atoms with E-state index < -0.39 is 11.5 Å². The van der Waals surface area contributed by atoms with Crippen LogP contribution in [0.2, 0.25) is 0 Å². The molecule has 0 saturated carbocycles. The number of carbonyl (C=O) groups is 1. The zero-order chi connectivity index (χ0) is 7.61. The molecule has 6 heteroatoms. The molecule has 4 N–H and O–H groups in total. The number of rotatable bonds is 1. The van der Waals surface area contributed by atoms with Crippen LogP contribution in [0, 0.1) is 0 Å². The molecule has 1 rings (SSSR count). The average molecular weight is 217 g/mol. The van der Waals surface area contributed by atoms with E-state index in [4.69, 9.17) is 10.8 Å². The summed E-state index contributed by atoms with van der Waals surface area (Å²) in [4.78, 5) is 10.5. The zero-order valence-electron chi connectivity index (χ0n) is 6.58. The van der Waals surface area contributed by atoms with Crippen molar-refractivity contribution in [2.75, 3.05) is 13.1 Å². The third-order valence-corrected chi connectivity index (χ3v) is 1.92. The largest absolute Gasteiger partial charge is 0.480 e. The van der Waals surface area contributed by atoms with Crippen molar-refractivity contribution in [3.8, 4) is 0 Å². The van der Waals surface area contributed by atoms with Crippen LogP contribution >= 0.6 is 24.8 Å². The first-order chi connectivity index (χ1) is 4.65. The van der Waals surface area contributed by atoms with Gasteiger partial charge in [0.25, 0.3) is 0 Å². The van der Waals surface area contributed by atoms with Gasteiger partial charge in [0.2, 0.25) is 0 Å². The Balaban J connectivity index is 0. The standard InChI is InChI=1S/C6H12N2O2.2ClH/c7-6(5(9)10)1-3-8-4-2-6;;/h8H,1-4,7H2,(H,9,10);2*1H. The van der Waals surface area contributed by atoms with Crippen molar-refractivity contribution in [2.45, 2.75) is 18.4 Å². The van der Waals surface area contributed by atoms with Gasteiger partial charge in [0, 0.05) is 0 Å². The van der Waals surface area contributed by atoms with Crippen molar-refractivity contribution >= 4 is 30.8 Å². The molecule has 1 aliphatic heterocycles. The van der Waals surface area contributed by atoms with Gasteiger partial charge in [0.1, 0.15) is 5.54 Å². The van der Waals surface area contributed by atoms with Crippen LogP contribution in [0.1, 0.15) is 12.8 Å². The quantitative estimate of drug-likeness (QED) is 0.577. The second-order valence-electron chi connectivity index (χ2n) is 2.71. The summed E-state index contributed by atoms with van der Waals surface area (Å²) in [6.07, 6.45) is 1.06. The maximum atomic E-state index is 10.5. The molecule has 0 aliphatic carbocycles. The average Bonchev–Trinajstić information content (AvgIpc) is 1.89. The minimum Gasteiger partial charge on any atom is -0.480 e. The number of hydrogen-bond donors (Lipinski definition) is 3. The normalized spacial score (nSPS) is 20.1. The molecular formula is C6H14Cl2N2O2. The van der Waals surface area contributed by atoms with Gasteiger partial charge in [0.15, 0.2) is 0 Å². The Morgan fingerprint density at radius 3 is 2.00 bits per heavy atom. The van der Waals surface area contributed by atoms with Crippen molar-refractivity contribution in [1.82, 2.24) is 5.32 Å². The van der Waals surface area contributed by atoms with E-state index in [0.717, 1.165) is 0 Å². The van der Waals surface area contributed by atoms with Crippen molar-refractivity contribution in [2.24, 2.45) is 5.73 Å². The minimum absolute atomic E-state index is 0. The van der Waals surface area contributed by atoms with Crippen molar-refractivity contribution < 1.29 is 9.90 Å². The van der Waals surface area contributed by atoms with Crippen LogP contribution in [0.15, 0.2) is 0 Å². The van der Waals surface area contributed by atoms with E-state index in [0.29, 0.717) is 25.9 Å². The van der Waals surface area contributed by atoms with E-state index >= 15 is 0 Å². The third-order valence-electron chi connectivity index (χ3n) is 1.92. The lowest BCUT2D eigenvalue weighted by molar-refractivity contribution is -0.144. The third kappa shape index (κ3) is 3.15. The first-order valence-corrected chi connectivity index (χ1v) is 3.38. The first kappa shape index (κ1) is 14.5. The van der Waals surface area contributed by atoms with Gasteiger partial charge in [-0.15, -0.1) is 24.8 Å². The van der Waals surface area contributed by atoms with E-state index in [1.807, 2.05) is 0 Å². The number of piperidine rings is 1. The van der Waals surface area contributed by atoms with Gasteiger partial charge in [-0.05, 0) is 25.9 Å². The summed E-state index contributed by atoms with van der Waals surface area (Å²) < 4.78 is 0. The monoisotopic (exact) mass is 216 g/mol. The van der Waals surface area contributed by atoms with Crippen LogP contribution in [0.4, 0.5) is 0 Å². The second kappa shape index (κ2) is 5.59. The molecule has 0 aromatic heterocycles. The molecule has 1 fully saturated rings. The number of halogens is 2. The Morgan fingerprint density at radius 2 is 1.75 bits per heavy atom. The number of aliphatic carboxylic acids is 1. The van der Waals surface area contributed by atoms with Crippen LogP contribution in [0.3, 0.4) is 0 Å². The number of nitrogens with one attached hydrogen (secondary N) is 1. The summed E-state index contributed by atoms with van der Waals surface area (Å²) in [5.41, 5.74) is 4.60. The highest BCUT2D eigenvalue weighted by molar-refractivity contribution is 5.85. The molecule has 0 aromatic rings. The van der Waals surface area contributed by atoms with Crippen LogP contribution in [-0.2, 0) is 4.79 Å². The molecule has 1 aliphatic rings.